The second kappa shape index (κ2) is 7.00. The SMILES string of the molecule is COc1cc([C@@H]2N(Cc3ccccc3)C(=O)C3CCCCN32)ccc1O. The molecule has 0 saturated carbocycles. The summed E-state index contributed by atoms with van der Waals surface area (Å²) < 4.78 is 5.29. The van der Waals surface area contributed by atoms with Gasteiger partial charge in [-0.25, -0.2) is 0 Å². The average Bonchev–Trinajstić information content (AvgIpc) is 2.95. The number of benzene rings is 2. The minimum Gasteiger partial charge on any atom is -0.504 e. The van der Waals surface area contributed by atoms with Gasteiger partial charge in [-0.2, -0.15) is 0 Å². The van der Waals surface area contributed by atoms with Crippen molar-refractivity contribution < 1.29 is 14.6 Å². The summed E-state index contributed by atoms with van der Waals surface area (Å²) in [5.74, 6) is 0.756. The summed E-state index contributed by atoms with van der Waals surface area (Å²) >= 11 is 0. The number of ether oxygens (including phenoxy) is 1. The number of amides is 1. The highest BCUT2D eigenvalue weighted by atomic mass is 16.5. The normalized spacial score (nSPS) is 23.1. The first kappa shape index (κ1) is 16.9. The first-order valence-corrected chi connectivity index (χ1v) is 9.16. The number of rotatable bonds is 4. The van der Waals surface area contributed by atoms with Gasteiger partial charge in [0, 0.05) is 13.1 Å². The maximum atomic E-state index is 13.2. The highest BCUT2D eigenvalue weighted by Gasteiger charge is 2.47. The van der Waals surface area contributed by atoms with Crippen molar-refractivity contribution in [2.24, 2.45) is 0 Å². The molecule has 2 atom stereocenters. The molecule has 2 saturated heterocycles. The maximum Gasteiger partial charge on any atom is 0.241 e. The van der Waals surface area contributed by atoms with E-state index >= 15 is 0 Å². The van der Waals surface area contributed by atoms with Crippen LogP contribution in [-0.2, 0) is 11.3 Å². The van der Waals surface area contributed by atoms with Gasteiger partial charge < -0.3 is 14.7 Å². The molecule has 1 N–H and O–H groups in total. The molecule has 0 bridgehead atoms. The predicted octanol–water partition coefficient (Wildman–Crippen LogP) is 3.30. The number of carbonyl (C=O) groups is 1. The molecule has 2 aliphatic rings. The van der Waals surface area contributed by atoms with E-state index in [-0.39, 0.29) is 23.9 Å². The van der Waals surface area contributed by atoms with Crippen LogP contribution >= 0.6 is 0 Å². The van der Waals surface area contributed by atoms with Gasteiger partial charge in [0.25, 0.3) is 0 Å². The Morgan fingerprint density at radius 1 is 1.15 bits per heavy atom. The first-order chi connectivity index (χ1) is 12.7. The summed E-state index contributed by atoms with van der Waals surface area (Å²) in [6, 6.07) is 15.4. The number of phenolic OH excluding ortho intramolecular Hbond substituents is 1. The standard InChI is InChI=1S/C21H24N2O3/c1-26-19-13-16(10-11-18(19)24)20-22-12-6-5-9-17(22)21(25)23(20)14-15-7-3-2-4-8-15/h2-4,7-8,10-11,13,17,20,24H,5-6,9,12,14H2,1H3/t17?,20-/m0/s1. The van der Waals surface area contributed by atoms with Crippen LogP contribution in [0.25, 0.3) is 0 Å². The van der Waals surface area contributed by atoms with Crippen LogP contribution in [0, 0.1) is 0 Å². The van der Waals surface area contributed by atoms with Crippen LogP contribution in [0.1, 0.15) is 36.6 Å². The summed E-state index contributed by atoms with van der Waals surface area (Å²) in [6.45, 7) is 1.50. The molecule has 5 nitrogen and oxygen atoms in total. The van der Waals surface area contributed by atoms with E-state index in [2.05, 4.69) is 17.0 Å². The molecule has 0 radical (unpaired) electrons. The van der Waals surface area contributed by atoms with Gasteiger partial charge in [0.2, 0.25) is 5.91 Å². The maximum absolute atomic E-state index is 13.2. The number of piperidine rings is 1. The van der Waals surface area contributed by atoms with Crippen LogP contribution in [0.15, 0.2) is 48.5 Å². The number of methoxy groups -OCH3 is 1. The van der Waals surface area contributed by atoms with Crippen molar-refractivity contribution in [2.75, 3.05) is 13.7 Å². The van der Waals surface area contributed by atoms with Crippen LogP contribution in [0.2, 0.25) is 0 Å². The molecule has 2 aromatic carbocycles. The van der Waals surface area contributed by atoms with E-state index in [1.54, 1.807) is 13.2 Å². The molecule has 26 heavy (non-hydrogen) atoms. The number of fused-ring (bicyclic) bond motifs is 1. The lowest BCUT2D eigenvalue weighted by molar-refractivity contribution is -0.131. The number of carbonyl (C=O) groups excluding carboxylic acids is 1. The molecule has 2 aliphatic heterocycles. The Bertz CT molecular complexity index is 793. The number of aromatic hydroxyl groups is 1. The minimum absolute atomic E-state index is 0.0442. The van der Waals surface area contributed by atoms with Gasteiger partial charge in [0.1, 0.15) is 6.17 Å². The Balaban J connectivity index is 1.73. The van der Waals surface area contributed by atoms with E-state index in [0.717, 1.165) is 36.9 Å². The van der Waals surface area contributed by atoms with Gasteiger partial charge in [0.15, 0.2) is 11.5 Å². The van der Waals surface area contributed by atoms with E-state index in [9.17, 15) is 9.90 Å². The lowest BCUT2D eigenvalue weighted by Crippen LogP contribution is -2.38. The Kier molecular flexibility index (Phi) is 4.55. The monoisotopic (exact) mass is 352 g/mol. The Hall–Kier alpha value is -2.53. The number of phenols is 1. The summed E-state index contributed by atoms with van der Waals surface area (Å²) in [5, 5.41) is 9.94. The fourth-order valence-electron chi connectivity index (χ4n) is 4.17. The largest absolute Gasteiger partial charge is 0.504 e. The molecule has 136 valence electrons. The van der Waals surface area contributed by atoms with Crippen molar-refractivity contribution in [1.29, 1.82) is 0 Å². The third-order valence-corrected chi connectivity index (χ3v) is 5.42. The van der Waals surface area contributed by atoms with Gasteiger partial charge in [-0.05, 0) is 36.1 Å². The van der Waals surface area contributed by atoms with Gasteiger partial charge in [-0.3, -0.25) is 9.69 Å². The van der Waals surface area contributed by atoms with Crippen LogP contribution in [0.4, 0.5) is 0 Å². The zero-order valence-electron chi connectivity index (χ0n) is 15.0. The summed E-state index contributed by atoms with van der Waals surface area (Å²) in [7, 11) is 1.55. The fraction of sp³-hybridized carbons (Fsp3) is 0.381. The number of nitrogens with zero attached hydrogens (tertiary/aromatic N) is 2. The summed E-state index contributed by atoms with van der Waals surface area (Å²) in [4.78, 5) is 17.4. The van der Waals surface area contributed by atoms with Crippen molar-refractivity contribution in [3.63, 3.8) is 0 Å². The molecule has 1 unspecified atom stereocenters. The Morgan fingerprint density at radius 3 is 2.73 bits per heavy atom. The molecule has 2 fully saturated rings. The lowest BCUT2D eigenvalue weighted by Gasteiger charge is -2.34. The van der Waals surface area contributed by atoms with Gasteiger partial charge in [-0.15, -0.1) is 0 Å². The van der Waals surface area contributed by atoms with Crippen molar-refractivity contribution in [1.82, 2.24) is 9.80 Å². The first-order valence-electron chi connectivity index (χ1n) is 9.16. The molecule has 2 heterocycles. The van der Waals surface area contributed by atoms with Crippen LogP contribution < -0.4 is 4.74 Å². The van der Waals surface area contributed by atoms with Gasteiger partial charge >= 0.3 is 0 Å². The fourth-order valence-corrected chi connectivity index (χ4v) is 4.17. The number of hydrogen-bond donors (Lipinski definition) is 1. The zero-order chi connectivity index (χ0) is 18.1. The average molecular weight is 352 g/mol. The quantitative estimate of drug-likeness (QED) is 0.917. The molecule has 5 heteroatoms. The van der Waals surface area contributed by atoms with Crippen molar-refractivity contribution >= 4 is 5.91 Å². The van der Waals surface area contributed by atoms with Crippen LogP contribution in [-0.4, -0.2) is 40.5 Å². The third kappa shape index (κ3) is 2.92. The predicted molar refractivity (Wildman–Crippen MR) is 98.7 cm³/mol. The van der Waals surface area contributed by atoms with E-state index in [1.807, 2.05) is 35.2 Å². The van der Waals surface area contributed by atoms with Crippen LogP contribution in [0.5, 0.6) is 11.5 Å². The van der Waals surface area contributed by atoms with Crippen LogP contribution in [0.3, 0.4) is 0 Å². The van der Waals surface area contributed by atoms with Crippen molar-refractivity contribution in [3.05, 3.63) is 59.7 Å². The highest BCUT2D eigenvalue weighted by Crippen LogP contribution is 2.41. The molecule has 0 aliphatic carbocycles. The second-order valence-corrected chi connectivity index (χ2v) is 7.01. The molecule has 1 amide bonds. The van der Waals surface area contributed by atoms with E-state index < -0.39 is 0 Å². The summed E-state index contributed by atoms with van der Waals surface area (Å²) in [5.41, 5.74) is 2.10. The van der Waals surface area contributed by atoms with Gasteiger partial charge in [-0.1, -0.05) is 42.8 Å². The van der Waals surface area contributed by atoms with E-state index in [4.69, 9.17) is 4.74 Å². The minimum atomic E-state index is -0.123. The highest BCUT2D eigenvalue weighted by molar-refractivity contribution is 5.84. The van der Waals surface area contributed by atoms with E-state index in [1.165, 1.54) is 0 Å². The number of hydrogen-bond acceptors (Lipinski definition) is 4. The zero-order valence-corrected chi connectivity index (χ0v) is 15.0. The molecular formula is C21H24N2O3. The Labute approximate surface area is 153 Å². The summed E-state index contributed by atoms with van der Waals surface area (Å²) in [6.07, 6.45) is 2.99. The molecule has 0 aromatic heterocycles. The third-order valence-electron chi connectivity index (χ3n) is 5.42. The molecular weight excluding hydrogens is 328 g/mol. The lowest BCUT2D eigenvalue weighted by atomic mass is 10.0. The molecule has 2 aromatic rings. The van der Waals surface area contributed by atoms with Gasteiger partial charge in [0.05, 0.1) is 13.2 Å². The molecule has 4 rings (SSSR count). The molecule has 0 spiro atoms. The topological polar surface area (TPSA) is 53.0 Å². The van der Waals surface area contributed by atoms with Crippen molar-refractivity contribution in [2.45, 2.75) is 38.0 Å². The second-order valence-electron chi connectivity index (χ2n) is 7.01. The Morgan fingerprint density at radius 2 is 1.96 bits per heavy atom. The van der Waals surface area contributed by atoms with Crippen molar-refractivity contribution in [3.8, 4) is 11.5 Å². The smallest absolute Gasteiger partial charge is 0.241 e. The van der Waals surface area contributed by atoms with E-state index in [0.29, 0.717) is 12.3 Å².